The Kier molecular flexibility index (Phi) is 6.94. The summed E-state index contributed by atoms with van der Waals surface area (Å²) >= 11 is 0. The summed E-state index contributed by atoms with van der Waals surface area (Å²) < 4.78 is 50.5. The van der Waals surface area contributed by atoms with Crippen LogP contribution in [0.1, 0.15) is 11.7 Å². The highest BCUT2D eigenvalue weighted by Crippen LogP contribution is 2.27. The van der Waals surface area contributed by atoms with Crippen LogP contribution in [0.15, 0.2) is 47.5 Å². The molecule has 1 unspecified atom stereocenters. The van der Waals surface area contributed by atoms with E-state index < -0.39 is 12.5 Å². The first kappa shape index (κ1) is 21.2. The topological polar surface area (TPSA) is 98.3 Å². The van der Waals surface area contributed by atoms with Crippen LogP contribution >= 0.6 is 0 Å². The first-order valence-electron chi connectivity index (χ1n) is 8.04. The first-order chi connectivity index (χ1) is 13.2. The molecule has 2 aromatic rings. The normalized spacial score (nSPS) is 13.0. The number of hydrogen-bond acceptors (Lipinski definition) is 5. The van der Waals surface area contributed by atoms with E-state index in [1.807, 2.05) is 0 Å². The molecular formula is C18H20F3N3O4. The Balaban J connectivity index is 1.98. The number of nitrogens with zero attached hydrogens (tertiary/aromatic N) is 1. The van der Waals surface area contributed by atoms with E-state index in [0.29, 0.717) is 22.7 Å². The van der Waals surface area contributed by atoms with Gasteiger partial charge in [-0.2, -0.15) is 0 Å². The number of alkyl halides is 3. The van der Waals surface area contributed by atoms with Crippen molar-refractivity contribution in [2.24, 2.45) is 10.7 Å². The third-order valence-corrected chi connectivity index (χ3v) is 3.55. The molecule has 2 rings (SSSR count). The number of halogens is 3. The van der Waals surface area contributed by atoms with Crippen molar-refractivity contribution in [1.82, 2.24) is 0 Å². The lowest BCUT2D eigenvalue weighted by atomic mass is 10.1. The van der Waals surface area contributed by atoms with Crippen molar-refractivity contribution in [2.75, 3.05) is 26.1 Å². The van der Waals surface area contributed by atoms with Crippen LogP contribution in [0.3, 0.4) is 0 Å². The number of nitrogens with two attached hydrogens (primary N) is 1. The zero-order valence-corrected chi connectivity index (χ0v) is 15.2. The maximum atomic E-state index is 12.1. The van der Waals surface area contributed by atoms with E-state index in [1.165, 1.54) is 26.4 Å². The Hall–Kier alpha value is -3.14. The number of guanidine groups is 1. The van der Waals surface area contributed by atoms with E-state index >= 15 is 0 Å². The molecule has 0 heterocycles. The molecule has 0 spiro atoms. The second-order valence-electron chi connectivity index (χ2n) is 5.58. The van der Waals surface area contributed by atoms with E-state index in [0.717, 1.165) is 12.1 Å². The zero-order chi connectivity index (χ0) is 20.7. The average molecular weight is 399 g/mol. The van der Waals surface area contributed by atoms with Gasteiger partial charge in [0.25, 0.3) is 0 Å². The van der Waals surface area contributed by atoms with Gasteiger partial charge in [-0.05, 0) is 42.0 Å². The number of nitrogens with one attached hydrogen (secondary N) is 1. The van der Waals surface area contributed by atoms with Crippen LogP contribution in [0.2, 0.25) is 0 Å². The number of rotatable bonds is 7. The summed E-state index contributed by atoms with van der Waals surface area (Å²) in [6, 6.07) is 9.94. The number of aliphatic imine (C=N–C) groups is 1. The third kappa shape index (κ3) is 6.54. The molecule has 0 saturated carbocycles. The Morgan fingerprint density at radius 3 is 2.14 bits per heavy atom. The van der Waals surface area contributed by atoms with Crippen LogP contribution in [0.25, 0.3) is 0 Å². The molecule has 10 heteroatoms. The molecule has 0 bridgehead atoms. The van der Waals surface area contributed by atoms with Crippen LogP contribution < -0.4 is 25.3 Å². The second-order valence-corrected chi connectivity index (χ2v) is 5.58. The number of ether oxygens (including phenoxy) is 3. The molecule has 2 aromatic carbocycles. The van der Waals surface area contributed by atoms with Gasteiger partial charge in [0.15, 0.2) is 5.96 Å². The standard InChI is InChI=1S/C18H20F3N3O4/c1-26-14-7-11(8-15(9-14)27-2)16(25)10-23-17(22)24-12-3-5-13(6-4-12)28-18(19,20)21/h3-9,16,25H,10H2,1-2H3,(H3,22,23,24). The lowest BCUT2D eigenvalue weighted by molar-refractivity contribution is -0.274. The van der Waals surface area contributed by atoms with Gasteiger partial charge < -0.3 is 30.4 Å². The number of methoxy groups -OCH3 is 2. The molecule has 0 fully saturated rings. The van der Waals surface area contributed by atoms with Crippen molar-refractivity contribution >= 4 is 11.6 Å². The van der Waals surface area contributed by atoms with Gasteiger partial charge in [0.1, 0.15) is 17.2 Å². The van der Waals surface area contributed by atoms with Gasteiger partial charge in [-0.3, -0.25) is 4.99 Å². The summed E-state index contributed by atoms with van der Waals surface area (Å²) in [7, 11) is 2.99. The summed E-state index contributed by atoms with van der Waals surface area (Å²) in [6.45, 7) is -0.0512. The Bertz CT molecular complexity index is 788. The molecule has 0 aliphatic rings. The lowest BCUT2D eigenvalue weighted by Crippen LogP contribution is -2.23. The summed E-state index contributed by atoms with van der Waals surface area (Å²) in [6.07, 6.45) is -5.72. The summed E-state index contributed by atoms with van der Waals surface area (Å²) in [4.78, 5) is 4.03. The maximum Gasteiger partial charge on any atom is 0.573 e. The minimum atomic E-state index is -4.76. The molecule has 4 N–H and O–H groups in total. The number of hydrogen-bond donors (Lipinski definition) is 3. The molecule has 0 aliphatic heterocycles. The van der Waals surface area contributed by atoms with Gasteiger partial charge in [0.05, 0.1) is 26.9 Å². The van der Waals surface area contributed by atoms with Crippen molar-refractivity contribution in [2.45, 2.75) is 12.5 Å². The zero-order valence-electron chi connectivity index (χ0n) is 15.2. The van der Waals surface area contributed by atoms with E-state index in [-0.39, 0.29) is 18.3 Å². The fraction of sp³-hybridized carbons (Fsp3) is 0.278. The summed E-state index contributed by atoms with van der Waals surface area (Å²) in [5.74, 6) is 0.670. The van der Waals surface area contributed by atoms with Crippen molar-refractivity contribution in [1.29, 1.82) is 0 Å². The van der Waals surface area contributed by atoms with Crippen LogP contribution in [-0.2, 0) is 0 Å². The summed E-state index contributed by atoms with van der Waals surface area (Å²) in [5.41, 5.74) is 6.69. The largest absolute Gasteiger partial charge is 0.573 e. The maximum absolute atomic E-state index is 12.1. The molecule has 0 aromatic heterocycles. The highest BCUT2D eigenvalue weighted by atomic mass is 19.4. The van der Waals surface area contributed by atoms with Crippen LogP contribution in [0.5, 0.6) is 17.2 Å². The van der Waals surface area contributed by atoms with Crippen molar-refractivity contribution in [3.8, 4) is 17.2 Å². The van der Waals surface area contributed by atoms with Gasteiger partial charge in [0, 0.05) is 11.8 Å². The summed E-state index contributed by atoms with van der Waals surface area (Å²) in [5, 5.41) is 13.0. The van der Waals surface area contributed by atoms with Crippen molar-refractivity contribution in [3.63, 3.8) is 0 Å². The second kappa shape index (κ2) is 9.18. The van der Waals surface area contributed by atoms with Crippen LogP contribution in [0, 0.1) is 0 Å². The van der Waals surface area contributed by atoms with Gasteiger partial charge >= 0.3 is 6.36 Å². The molecular weight excluding hydrogens is 379 g/mol. The smallest absolute Gasteiger partial charge is 0.497 e. The van der Waals surface area contributed by atoms with Gasteiger partial charge in [-0.15, -0.1) is 13.2 Å². The van der Waals surface area contributed by atoms with E-state index in [2.05, 4.69) is 15.0 Å². The predicted molar refractivity (Wildman–Crippen MR) is 97.7 cm³/mol. The SMILES string of the molecule is COc1cc(OC)cc(C(O)CN=C(N)Nc2ccc(OC(F)(F)F)cc2)c1. The number of benzene rings is 2. The number of aliphatic hydroxyl groups is 1. The quantitative estimate of drug-likeness (QED) is 0.489. The van der Waals surface area contributed by atoms with Crippen molar-refractivity contribution < 1.29 is 32.5 Å². The first-order valence-corrected chi connectivity index (χ1v) is 8.04. The van der Waals surface area contributed by atoms with Gasteiger partial charge in [-0.1, -0.05) is 0 Å². The highest BCUT2D eigenvalue weighted by Gasteiger charge is 2.30. The fourth-order valence-electron chi connectivity index (χ4n) is 2.24. The molecule has 152 valence electrons. The molecule has 0 saturated heterocycles. The van der Waals surface area contributed by atoms with E-state index in [4.69, 9.17) is 15.2 Å². The predicted octanol–water partition coefficient (Wildman–Crippen LogP) is 3.06. The van der Waals surface area contributed by atoms with E-state index in [1.54, 1.807) is 18.2 Å². The molecule has 0 amide bonds. The Labute approximate surface area is 159 Å². The van der Waals surface area contributed by atoms with Crippen molar-refractivity contribution in [3.05, 3.63) is 48.0 Å². The number of aliphatic hydroxyl groups excluding tert-OH is 1. The average Bonchev–Trinajstić information content (AvgIpc) is 2.66. The molecule has 0 aliphatic carbocycles. The molecule has 1 atom stereocenters. The minimum Gasteiger partial charge on any atom is -0.497 e. The van der Waals surface area contributed by atoms with Gasteiger partial charge in [0.2, 0.25) is 0 Å². The Morgan fingerprint density at radius 2 is 1.64 bits per heavy atom. The Morgan fingerprint density at radius 1 is 1.07 bits per heavy atom. The lowest BCUT2D eigenvalue weighted by Gasteiger charge is -2.13. The molecule has 28 heavy (non-hydrogen) atoms. The van der Waals surface area contributed by atoms with Crippen LogP contribution in [0.4, 0.5) is 18.9 Å². The van der Waals surface area contributed by atoms with E-state index in [9.17, 15) is 18.3 Å². The highest BCUT2D eigenvalue weighted by molar-refractivity contribution is 5.92. The monoisotopic (exact) mass is 399 g/mol. The third-order valence-electron chi connectivity index (χ3n) is 3.55. The minimum absolute atomic E-state index is 0.0154. The fourth-order valence-corrected chi connectivity index (χ4v) is 2.24. The number of anilines is 1. The van der Waals surface area contributed by atoms with Crippen LogP contribution in [-0.4, -0.2) is 38.2 Å². The molecule has 7 nitrogen and oxygen atoms in total. The molecule has 0 radical (unpaired) electrons. The van der Waals surface area contributed by atoms with Gasteiger partial charge in [-0.25, -0.2) is 0 Å².